The first-order valence-electron chi connectivity index (χ1n) is 8.16. The first kappa shape index (κ1) is 14.9. The van der Waals surface area contributed by atoms with E-state index in [4.69, 9.17) is 0 Å². The van der Waals surface area contributed by atoms with E-state index in [1.165, 1.54) is 51.4 Å². The zero-order valence-electron chi connectivity index (χ0n) is 12.8. The average molecular weight is 310 g/mol. The summed E-state index contributed by atoms with van der Waals surface area (Å²) in [6.45, 7) is 2.36. The molecule has 3 atom stereocenters. The first-order chi connectivity index (χ1) is 9.76. The Bertz CT molecular complexity index is 417. The molecule has 2 aliphatic carbocycles. The van der Waals surface area contributed by atoms with Crippen LogP contribution in [-0.2, 0) is 12.8 Å². The van der Waals surface area contributed by atoms with Crippen LogP contribution in [-0.4, -0.2) is 17.5 Å². The van der Waals surface area contributed by atoms with Gasteiger partial charge in [0.25, 0.3) is 0 Å². The molecular formula is C17H27NS2. The van der Waals surface area contributed by atoms with Gasteiger partial charge in [0.2, 0.25) is 0 Å². The van der Waals surface area contributed by atoms with Gasteiger partial charge in [0.15, 0.2) is 0 Å². The summed E-state index contributed by atoms with van der Waals surface area (Å²) in [5, 5.41) is 4.79. The molecule has 1 aromatic heterocycles. The van der Waals surface area contributed by atoms with Gasteiger partial charge in [-0.05, 0) is 69.8 Å². The molecule has 112 valence electrons. The molecule has 0 saturated heterocycles. The molecular weight excluding hydrogens is 282 g/mol. The quantitative estimate of drug-likeness (QED) is 0.844. The summed E-state index contributed by atoms with van der Waals surface area (Å²) in [5.41, 5.74) is 1.65. The summed E-state index contributed by atoms with van der Waals surface area (Å²) in [4.78, 5) is 3.24. The van der Waals surface area contributed by atoms with E-state index < -0.39 is 0 Å². The minimum atomic E-state index is 0.538. The Morgan fingerprint density at radius 3 is 2.90 bits per heavy atom. The van der Waals surface area contributed by atoms with Crippen LogP contribution >= 0.6 is 23.1 Å². The molecule has 3 heteroatoms. The summed E-state index contributed by atoms with van der Waals surface area (Å²) in [5.74, 6) is 0. The van der Waals surface area contributed by atoms with E-state index in [2.05, 4.69) is 47.7 Å². The van der Waals surface area contributed by atoms with E-state index in [1.807, 2.05) is 0 Å². The van der Waals surface area contributed by atoms with Crippen molar-refractivity contribution in [3.8, 4) is 0 Å². The van der Waals surface area contributed by atoms with E-state index in [0.717, 1.165) is 11.3 Å². The van der Waals surface area contributed by atoms with E-state index in [9.17, 15) is 0 Å². The molecule has 1 N–H and O–H groups in total. The fourth-order valence-corrected chi connectivity index (χ4v) is 5.77. The zero-order valence-corrected chi connectivity index (χ0v) is 14.4. The lowest BCUT2D eigenvalue weighted by atomic mass is 9.94. The number of rotatable bonds is 4. The monoisotopic (exact) mass is 309 g/mol. The Hall–Kier alpha value is 0.01000. The summed E-state index contributed by atoms with van der Waals surface area (Å²) in [6, 6.07) is 3.76. The second-order valence-corrected chi connectivity index (χ2v) is 8.72. The van der Waals surface area contributed by atoms with Crippen LogP contribution in [0.15, 0.2) is 6.07 Å². The van der Waals surface area contributed by atoms with Crippen LogP contribution in [0.5, 0.6) is 0 Å². The molecule has 20 heavy (non-hydrogen) atoms. The third kappa shape index (κ3) is 3.42. The molecule has 1 saturated carbocycles. The topological polar surface area (TPSA) is 12.0 Å². The van der Waals surface area contributed by atoms with Crippen molar-refractivity contribution in [3.05, 3.63) is 21.4 Å². The van der Waals surface area contributed by atoms with Crippen LogP contribution in [0.4, 0.5) is 0 Å². The SMILES string of the molecule is CSC1CCCC(NC(C)c2cc3c(s2)CCCC3)C1. The molecule has 1 nitrogen and oxygen atoms in total. The molecule has 0 bridgehead atoms. The van der Waals surface area contributed by atoms with Gasteiger partial charge in [-0.15, -0.1) is 11.3 Å². The van der Waals surface area contributed by atoms with Gasteiger partial charge < -0.3 is 5.32 Å². The van der Waals surface area contributed by atoms with Crippen LogP contribution < -0.4 is 5.32 Å². The van der Waals surface area contributed by atoms with Gasteiger partial charge in [0.1, 0.15) is 0 Å². The van der Waals surface area contributed by atoms with Crippen LogP contribution in [0, 0.1) is 0 Å². The van der Waals surface area contributed by atoms with E-state index >= 15 is 0 Å². The van der Waals surface area contributed by atoms with Gasteiger partial charge in [-0.2, -0.15) is 11.8 Å². The molecule has 1 fully saturated rings. The minimum Gasteiger partial charge on any atom is -0.307 e. The fourth-order valence-electron chi connectivity index (χ4n) is 3.67. The Balaban J connectivity index is 1.61. The molecule has 2 aliphatic rings. The maximum Gasteiger partial charge on any atom is 0.0388 e. The highest BCUT2D eigenvalue weighted by Gasteiger charge is 2.24. The smallest absolute Gasteiger partial charge is 0.0388 e. The molecule has 0 spiro atoms. The van der Waals surface area contributed by atoms with Gasteiger partial charge in [-0.3, -0.25) is 0 Å². The molecule has 1 aromatic rings. The molecule has 0 aliphatic heterocycles. The predicted octanol–water partition coefficient (Wildman–Crippen LogP) is 4.95. The maximum atomic E-state index is 3.91. The number of aryl methyl sites for hydroxylation is 2. The van der Waals surface area contributed by atoms with Crippen molar-refractivity contribution in [1.82, 2.24) is 5.32 Å². The highest BCUT2D eigenvalue weighted by atomic mass is 32.2. The lowest BCUT2D eigenvalue weighted by Gasteiger charge is -2.30. The van der Waals surface area contributed by atoms with Gasteiger partial charge in [0.05, 0.1) is 0 Å². The highest BCUT2D eigenvalue weighted by molar-refractivity contribution is 7.99. The number of hydrogen-bond acceptors (Lipinski definition) is 3. The lowest BCUT2D eigenvalue weighted by molar-refractivity contribution is 0.355. The van der Waals surface area contributed by atoms with E-state index in [0.29, 0.717) is 6.04 Å². The molecule has 1 heterocycles. The fraction of sp³-hybridized carbons (Fsp3) is 0.765. The molecule has 3 rings (SSSR count). The zero-order chi connectivity index (χ0) is 13.9. The molecule has 0 amide bonds. The molecule has 0 aromatic carbocycles. The first-order valence-corrected chi connectivity index (χ1v) is 10.3. The predicted molar refractivity (Wildman–Crippen MR) is 92.1 cm³/mol. The number of nitrogens with one attached hydrogen (secondary N) is 1. The van der Waals surface area contributed by atoms with E-state index in [1.54, 1.807) is 15.3 Å². The number of thiophene rings is 1. The standard InChI is InChI=1S/C17H27NS2/c1-12(18-14-7-5-8-15(11-14)19-2)17-10-13-6-3-4-9-16(13)20-17/h10,12,14-15,18H,3-9,11H2,1-2H3. The van der Waals surface area contributed by atoms with Gasteiger partial charge >= 0.3 is 0 Å². The molecule has 3 unspecified atom stereocenters. The Labute approximate surface area is 131 Å². The van der Waals surface area contributed by atoms with Gasteiger partial charge in [-0.1, -0.05) is 6.42 Å². The number of fused-ring (bicyclic) bond motifs is 1. The van der Waals surface area contributed by atoms with Crippen molar-refractivity contribution in [1.29, 1.82) is 0 Å². The third-order valence-corrected chi connectivity index (χ3v) is 7.40. The Morgan fingerprint density at radius 1 is 1.25 bits per heavy atom. The maximum absolute atomic E-state index is 3.91. The largest absolute Gasteiger partial charge is 0.307 e. The van der Waals surface area contributed by atoms with Crippen LogP contribution in [0.3, 0.4) is 0 Å². The summed E-state index contributed by atoms with van der Waals surface area (Å²) in [6.07, 6.45) is 13.2. The molecule has 0 radical (unpaired) electrons. The van der Waals surface area contributed by atoms with Crippen molar-refractivity contribution in [2.45, 2.75) is 75.6 Å². The van der Waals surface area contributed by atoms with Crippen molar-refractivity contribution < 1.29 is 0 Å². The third-order valence-electron chi connectivity index (χ3n) is 4.89. The lowest BCUT2D eigenvalue weighted by Crippen LogP contribution is -2.36. The Morgan fingerprint density at radius 2 is 2.10 bits per heavy atom. The van der Waals surface area contributed by atoms with Crippen molar-refractivity contribution >= 4 is 23.1 Å². The number of thioether (sulfide) groups is 1. The summed E-state index contributed by atoms with van der Waals surface area (Å²) in [7, 11) is 0. The summed E-state index contributed by atoms with van der Waals surface area (Å²) >= 11 is 4.13. The Kier molecular flexibility index (Phi) is 5.11. The average Bonchev–Trinajstić information content (AvgIpc) is 2.91. The van der Waals surface area contributed by atoms with E-state index in [-0.39, 0.29) is 0 Å². The summed E-state index contributed by atoms with van der Waals surface area (Å²) < 4.78 is 0. The van der Waals surface area contributed by atoms with Gasteiger partial charge in [-0.25, -0.2) is 0 Å². The van der Waals surface area contributed by atoms with Crippen molar-refractivity contribution in [3.63, 3.8) is 0 Å². The van der Waals surface area contributed by atoms with Crippen molar-refractivity contribution in [2.75, 3.05) is 6.26 Å². The van der Waals surface area contributed by atoms with Gasteiger partial charge in [0, 0.05) is 27.1 Å². The van der Waals surface area contributed by atoms with Crippen LogP contribution in [0.1, 0.15) is 66.8 Å². The number of hydrogen-bond donors (Lipinski definition) is 1. The second-order valence-electron chi connectivity index (χ2n) is 6.41. The van der Waals surface area contributed by atoms with Crippen LogP contribution in [0.25, 0.3) is 0 Å². The second kappa shape index (κ2) is 6.85. The van der Waals surface area contributed by atoms with Crippen molar-refractivity contribution in [2.24, 2.45) is 0 Å². The minimum absolute atomic E-state index is 0.538. The normalized spacial score (nSPS) is 28.1. The highest BCUT2D eigenvalue weighted by Crippen LogP contribution is 2.34. The van der Waals surface area contributed by atoms with Crippen LogP contribution in [0.2, 0.25) is 0 Å².